The summed E-state index contributed by atoms with van der Waals surface area (Å²) in [7, 11) is 0. The van der Waals surface area contributed by atoms with Crippen molar-refractivity contribution < 1.29 is 14.8 Å². The minimum atomic E-state index is -0.642. The molecule has 0 atom stereocenters. The Labute approximate surface area is 105 Å². The summed E-state index contributed by atoms with van der Waals surface area (Å²) in [5.74, 6) is -0.280. The number of hydrogen-bond acceptors (Lipinski definition) is 4. The number of nitrogens with zero attached hydrogens (tertiary/aromatic N) is 1. The van der Waals surface area contributed by atoms with Crippen LogP contribution in [0, 0.1) is 16.0 Å². The first-order valence-corrected chi connectivity index (χ1v) is 5.67. The molecule has 0 bridgehead atoms. The number of phenolic OH excluding ortho intramolecular Hbond substituents is 1. The third kappa shape index (κ3) is 3.73. The molecule has 0 spiro atoms. The van der Waals surface area contributed by atoms with Crippen LogP contribution in [0.15, 0.2) is 18.2 Å². The Balaban J connectivity index is 2.84. The summed E-state index contributed by atoms with van der Waals surface area (Å²) >= 11 is 0. The lowest BCUT2D eigenvalue weighted by atomic mass is 10.1. The SMILES string of the molecule is CC(C)CCNC(=O)c1cc(O)ccc1[N+](=O)[O-]. The van der Waals surface area contributed by atoms with Crippen LogP contribution in [-0.4, -0.2) is 22.5 Å². The number of nitro groups is 1. The zero-order valence-electron chi connectivity index (χ0n) is 10.3. The number of amides is 1. The molecule has 6 nitrogen and oxygen atoms in total. The smallest absolute Gasteiger partial charge is 0.282 e. The van der Waals surface area contributed by atoms with Crippen LogP contribution in [0.3, 0.4) is 0 Å². The van der Waals surface area contributed by atoms with E-state index in [9.17, 15) is 20.0 Å². The molecule has 0 radical (unpaired) electrons. The molecule has 0 aliphatic carbocycles. The van der Waals surface area contributed by atoms with Crippen molar-refractivity contribution in [3.8, 4) is 5.75 Å². The average Bonchev–Trinajstić information content (AvgIpc) is 2.27. The van der Waals surface area contributed by atoms with Gasteiger partial charge >= 0.3 is 0 Å². The van der Waals surface area contributed by atoms with Crippen molar-refractivity contribution in [2.24, 2.45) is 5.92 Å². The Bertz CT molecular complexity index is 457. The van der Waals surface area contributed by atoms with E-state index in [0.29, 0.717) is 12.5 Å². The maximum atomic E-state index is 11.8. The predicted octanol–water partition coefficient (Wildman–Crippen LogP) is 2.08. The molecule has 0 aliphatic heterocycles. The van der Waals surface area contributed by atoms with E-state index in [4.69, 9.17) is 0 Å². The first-order valence-electron chi connectivity index (χ1n) is 5.67. The highest BCUT2D eigenvalue weighted by Crippen LogP contribution is 2.23. The summed E-state index contributed by atoms with van der Waals surface area (Å²) in [6.45, 7) is 4.48. The Morgan fingerprint density at radius 2 is 2.17 bits per heavy atom. The van der Waals surface area contributed by atoms with E-state index in [1.165, 1.54) is 6.07 Å². The molecule has 98 valence electrons. The molecule has 1 amide bonds. The molecule has 2 N–H and O–H groups in total. The predicted molar refractivity (Wildman–Crippen MR) is 66.5 cm³/mol. The van der Waals surface area contributed by atoms with Crippen LogP contribution in [0.5, 0.6) is 5.75 Å². The van der Waals surface area contributed by atoms with Gasteiger partial charge in [0.2, 0.25) is 0 Å². The van der Waals surface area contributed by atoms with E-state index in [0.717, 1.165) is 18.6 Å². The summed E-state index contributed by atoms with van der Waals surface area (Å²) in [5, 5.41) is 22.6. The largest absolute Gasteiger partial charge is 0.508 e. The van der Waals surface area contributed by atoms with Gasteiger partial charge in [-0.15, -0.1) is 0 Å². The van der Waals surface area contributed by atoms with E-state index in [-0.39, 0.29) is 17.0 Å². The van der Waals surface area contributed by atoms with Gasteiger partial charge < -0.3 is 10.4 Å². The van der Waals surface area contributed by atoms with Gasteiger partial charge in [-0.25, -0.2) is 0 Å². The Hall–Kier alpha value is -2.11. The number of rotatable bonds is 5. The number of aromatic hydroxyl groups is 1. The molecule has 0 aliphatic rings. The molecule has 1 aromatic carbocycles. The average molecular weight is 252 g/mol. The molecule has 0 unspecified atom stereocenters. The van der Waals surface area contributed by atoms with Crippen molar-refractivity contribution in [3.63, 3.8) is 0 Å². The van der Waals surface area contributed by atoms with Crippen LogP contribution in [0.4, 0.5) is 5.69 Å². The van der Waals surface area contributed by atoms with E-state index < -0.39 is 10.8 Å². The van der Waals surface area contributed by atoms with Crippen molar-refractivity contribution in [1.82, 2.24) is 5.32 Å². The van der Waals surface area contributed by atoms with Crippen LogP contribution in [0.2, 0.25) is 0 Å². The van der Waals surface area contributed by atoms with Crippen molar-refractivity contribution in [3.05, 3.63) is 33.9 Å². The second-order valence-corrected chi connectivity index (χ2v) is 4.40. The summed E-state index contributed by atoms with van der Waals surface area (Å²) < 4.78 is 0. The van der Waals surface area contributed by atoms with E-state index >= 15 is 0 Å². The number of carbonyl (C=O) groups excluding carboxylic acids is 1. The molecular formula is C12H16N2O4. The van der Waals surface area contributed by atoms with Crippen LogP contribution < -0.4 is 5.32 Å². The van der Waals surface area contributed by atoms with E-state index in [1.807, 2.05) is 13.8 Å². The van der Waals surface area contributed by atoms with Gasteiger partial charge in [-0.2, -0.15) is 0 Å². The summed E-state index contributed by atoms with van der Waals surface area (Å²) in [4.78, 5) is 21.9. The number of carbonyl (C=O) groups is 1. The highest BCUT2D eigenvalue weighted by atomic mass is 16.6. The minimum Gasteiger partial charge on any atom is -0.508 e. The number of nitro benzene ring substituents is 1. The lowest BCUT2D eigenvalue weighted by molar-refractivity contribution is -0.385. The van der Waals surface area contributed by atoms with E-state index in [1.54, 1.807) is 0 Å². The molecule has 1 aromatic rings. The van der Waals surface area contributed by atoms with Gasteiger partial charge in [-0.1, -0.05) is 13.8 Å². The minimum absolute atomic E-state index is 0.122. The van der Waals surface area contributed by atoms with Gasteiger partial charge in [0.25, 0.3) is 11.6 Å². The quantitative estimate of drug-likeness (QED) is 0.619. The van der Waals surface area contributed by atoms with E-state index in [2.05, 4.69) is 5.32 Å². The third-order valence-electron chi connectivity index (χ3n) is 2.43. The topological polar surface area (TPSA) is 92.5 Å². The number of phenols is 1. The molecule has 18 heavy (non-hydrogen) atoms. The fourth-order valence-corrected chi connectivity index (χ4v) is 1.43. The van der Waals surface area contributed by atoms with Crippen molar-refractivity contribution in [1.29, 1.82) is 0 Å². The summed E-state index contributed by atoms with van der Waals surface area (Å²) in [6.07, 6.45) is 0.790. The van der Waals surface area contributed by atoms with Gasteiger partial charge in [0.15, 0.2) is 0 Å². The summed E-state index contributed by atoms with van der Waals surface area (Å²) in [6, 6.07) is 3.40. The van der Waals surface area contributed by atoms with Gasteiger partial charge in [0.05, 0.1) is 4.92 Å². The Morgan fingerprint density at radius 1 is 1.50 bits per heavy atom. The first-order chi connectivity index (χ1) is 8.41. The molecule has 6 heteroatoms. The zero-order chi connectivity index (χ0) is 13.7. The highest BCUT2D eigenvalue weighted by Gasteiger charge is 2.20. The lowest BCUT2D eigenvalue weighted by Gasteiger charge is -2.07. The van der Waals surface area contributed by atoms with Gasteiger partial charge in [0, 0.05) is 12.6 Å². The molecule has 1 rings (SSSR count). The van der Waals surface area contributed by atoms with Gasteiger partial charge in [-0.3, -0.25) is 14.9 Å². The fourth-order valence-electron chi connectivity index (χ4n) is 1.43. The second-order valence-electron chi connectivity index (χ2n) is 4.40. The number of benzene rings is 1. The van der Waals surface area contributed by atoms with Crippen LogP contribution >= 0.6 is 0 Å². The number of hydrogen-bond donors (Lipinski definition) is 2. The number of nitrogens with one attached hydrogen (secondary N) is 1. The van der Waals surface area contributed by atoms with Crippen LogP contribution in [0.1, 0.15) is 30.6 Å². The maximum Gasteiger partial charge on any atom is 0.282 e. The molecule has 0 aromatic heterocycles. The molecule has 0 saturated heterocycles. The fraction of sp³-hybridized carbons (Fsp3) is 0.417. The third-order valence-corrected chi connectivity index (χ3v) is 2.43. The molecule has 0 fully saturated rings. The highest BCUT2D eigenvalue weighted by molar-refractivity contribution is 5.98. The Morgan fingerprint density at radius 3 is 2.72 bits per heavy atom. The maximum absolute atomic E-state index is 11.8. The van der Waals surface area contributed by atoms with Gasteiger partial charge in [-0.05, 0) is 24.5 Å². The van der Waals surface area contributed by atoms with Crippen LogP contribution in [0.25, 0.3) is 0 Å². The zero-order valence-corrected chi connectivity index (χ0v) is 10.3. The standard InChI is InChI=1S/C12H16N2O4/c1-8(2)5-6-13-12(16)10-7-9(15)3-4-11(10)14(17)18/h3-4,7-8,15H,5-6H2,1-2H3,(H,13,16). The first kappa shape index (κ1) is 14.0. The lowest BCUT2D eigenvalue weighted by Crippen LogP contribution is -2.26. The van der Waals surface area contributed by atoms with Crippen molar-refractivity contribution >= 4 is 11.6 Å². The monoisotopic (exact) mass is 252 g/mol. The second kappa shape index (κ2) is 6.00. The van der Waals surface area contributed by atoms with Crippen molar-refractivity contribution in [2.75, 3.05) is 6.54 Å². The van der Waals surface area contributed by atoms with Crippen LogP contribution in [-0.2, 0) is 0 Å². The normalized spacial score (nSPS) is 10.4. The van der Waals surface area contributed by atoms with Gasteiger partial charge in [0.1, 0.15) is 11.3 Å². The van der Waals surface area contributed by atoms with Crippen molar-refractivity contribution in [2.45, 2.75) is 20.3 Å². The molecule has 0 saturated carbocycles. The summed E-state index contributed by atoms with van der Waals surface area (Å²) in [5.41, 5.74) is -0.432. The molecular weight excluding hydrogens is 236 g/mol. The Kier molecular flexibility index (Phi) is 4.65. The molecule has 0 heterocycles.